The molecule has 0 aliphatic carbocycles. The van der Waals surface area contributed by atoms with Gasteiger partial charge < -0.3 is 9.72 Å². The molecule has 0 saturated carbocycles. The zero-order chi connectivity index (χ0) is 11.4. The number of benzene rings is 1. The summed E-state index contributed by atoms with van der Waals surface area (Å²) >= 11 is 0. The summed E-state index contributed by atoms with van der Waals surface area (Å²) in [7, 11) is 0. The van der Waals surface area contributed by atoms with E-state index in [1.165, 1.54) is 6.26 Å². The molecule has 0 aliphatic heterocycles. The van der Waals surface area contributed by atoms with Gasteiger partial charge in [-0.3, -0.25) is 0 Å². The van der Waals surface area contributed by atoms with E-state index in [-0.39, 0.29) is 0 Å². The number of nitrogens with one attached hydrogen (secondary N) is 1. The Hall–Kier alpha value is -2.29. The summed E-state index contributed by atoms with van der Waals surface area (Å²) in [5.74, 6) is -0.408. The maximum absolute atomic E-state index is 11.6. The summed E-state index contributed by atoms with van der Waals surface area (Å²) < 4.78 is 4.88. The molecule has 1 heterocycles. The fraction of sp³-hybridized carbons (Fsp3) is 0. The third-order valence-corrected chi connectivity index (χ3v) is 2.14. The predicted octanol–water partition coefficient (Wildman–Crippen LogP) is 3.02. The molecule has 3 heteroatoms. The van der Waals surface area contributed by atoms with Crippen LogP contribution in [0.3, 0.4) is 0 Å². The number of carbonyl (C=O) groups excluding carboxylic acids is 1. The number of hydrogen-bond acceptors (Lipinski definition) is 2. The lowest BCUT2D eigenvalue weighted by molar-refractivity contribution is 0.0657. The highest BCUT2D eigenvalue weighted by Gasteiger charge is 2.08. The van der Waals surface area contributed by atoms with E-state index in [4.69, 9.17) is 4.74 Å². The average Bonchev–Trinajstić information content (AvgIpc) is 2.73. The van der Waals surface area contributed by atoms with E-state index in [0.717, 1.165) is 10.9 Å². The van der Waals surface area contributed by atoms with E-state index in [2.05, 4.69) is 11.6 Å². The number of allylic oxidation sites excluding steroid dienone is 2. The van der Waals surface area contributed by atoms with E-state index in [1.807, 2.05) is 24.3 Å². The number of aromatic amines is 1. The lowest BCUT2D eigenvalue weighted by atomic mass is 10.2. The van der Waals surface area contributed by atoms with Crippen molar-refractivity contribution in [3.63, 3.8) is 0 Å². The Balaban J connectivity index is 2.23. The van der Waals surface area contributed by atoms with Gasteiger partial charge >= 0.3 is 5.97 Å². The predicted molar refractivity (Wildman–Crippen MR) is 63.1 cm³/mol. The zero-order valence-electron chi connectivity index (χ0n) is 8.64. The standard InChI is InChI=1S/C13H11NO2/c1-2-3-8-16-13(15)12-9-10-6-4-5-7-11(10)14-12/h2-9,14H,1H2. The second-order valence-corrected chi connectivity index (χ2v) is 3.24. The minimum atomic E-state index is -0.408. The Morgan fingerprint density at radius 2 is 2.19 bits per heavy atom. The quantitative estimate of drug-likeness (QED) is 0.483. The zero-order valence-corrected chi connectivity index (χ0v) is 8.64. The molecule has 0 saturated heterocycles. The van der Waals surface area contributed by atoms with Crippen molar-refractivity contribution in [3.8, 4) is 0 Å². The molecule has 1 aromatic carbocycles. The third-order valence-electron chi connectivity index (χ3n) is 2.14. The first kappa shape index (κ1) is 10.2. The number of aromatic nitrogens is 1. The van der Waals surface area contributed by atoms with Crippen molar-refractivity contribution in [3.05, 3.63) is 61.0 Å². The second-order valence-electron chi connectivity index (χ2n) is 3.24. The number of ether oxygens (including phenoxy) is 1. The first-order chi connectivity index (χ1) is 7.81. The van der Waals surface area contributed by atoms with E-state index in [1.54, 1.807) is 18.2 Å². The summed E-state index contributed by atoms with van der Waals surface area (Å²) in [6, 6.07) is 9.43. The molecule has 0 fully saturated rings. The van der Waals surface area contributed by atoms with Crippen LogP contribution in [0.25, 0.3) is 10.9 Å². The summed E-state index contributed by atoms with van der Waals surface area (Å²) in [6.07, 6.45) is 4.40. The molecule has 0 radical (unpaired) electrons. The Bertz CT molecular complexity index is 519. The van der Waals surface area contributed by atoms with Crippen molar-refractivity contribution in [2.45, 2.75) is 0 Å². The van der Waals surface area contributed by atoms with Crippen molar-refractivity contribution < 1.29 is 9.53 Å². The highest BCUT2D eigenvalue weighted by molar-refractivity contribution is 5.94. The molecule has 2 aromatic rings. The van der Waals surface area contributed by atoms with E-state index in [0.29, 0.717) is 5.69 Å². The average molecular weight is 213 g/mol. The van der Waals surface area contributed by atoms with Gasteiger partial charge in [0.1, 0.15) is 5.69 Å². The highest BCUT2D eigenvalue weighted by Crippen LogP contribution is 2.15. The molecule has 80 valence electrons. The Kier molecular flexibility index (Phi) is 2.87. The Morgan fingerprint density at radius 1 is 1.38 bits per heavy atom. The van der Waals surface area contributed by atoms with Gasteiger partial charge in [-0.1, -0.05) is 30.9 Å². The van der Waals surface area contributed by atoms with Crippen LogP contribution in [0.1, 0.15) is 10.5 Å². The summed E-state index contributed by atoms with van der Waals surface area (Å²) in [4.78, 5) is 14.5. The van der Waals surface area contributed by atoms with Gasteiger partial charge in [0.2, 0.25) is 0 Å². The van der Waals surface area contributed by atoms with Crippen molar-refractivity contribution >= 4 is 16.9 Å². The molecule has 2 rings (SSSR count). The van der Waals surface area contributed by atoms with Crippen LogP contribution in [0.15, 0.2) is 55.3 Å². The third kappa shape index (κ3) is 2.03. The number of para-hydroxylation sites is 1. The van der Waals surface area contributed by atoms with E-state index in [9.17, 15) is 4.79 Å². The fourth-order valence-corrected chi connectivity index (χ4v) is 1.40. The molecule has 0 aliphatic rings. The summed E-state index contributed by atoms with van der Waals surface area (Å²) in [5.41, 5.74) is 1.36. The van der Waals surface area contributed by atoms with Crippen LogP contribution in [0.2, 0.25) is 0 Å². The molecular formula is C13H11NO2. The Morgan fingerprint density at radius 3 is 2.94 bits per heavy atom. The maximum atomic E-state index is 11.6. The smallest absolute Gasteiger partial charge is 0.359 e. The first-order valence-electron chi connectivity index (χ1n) is 4.87. The van der Waals surface area contributed by atoms with Crippen LogP contribution in [0.4, 0.5) is 0 Å². The van der Waals surface area contributed by atoms with Gasteiger partial charge in [0.15, 0.2) is 0 Å². The van der Waals surface area contributed by atoms with Crippen LogP contribution >= 0.6 is 0 Å². The van der Waals surface area contributed by atoms with Crippen LogP contribution < -0.4 is 0 Å². The number of H-pyrrole nitrogens is 1. The topological polar surface area (TPSA) is 42.1 Å². The van der Waals surface area contributed by atoms with Crippen LogP contribution in [-0.4, -0.2) is 11.0 Å². The van der Waals surface area contributed by atoms with Crippen LogP contribution in [0.5, 0.6) is 0 Å². The summed E-state index contributed by atoms with van der Waals surface area (Å²) in [6.45, 7) is 3.48. The van der Waals surface area contributed by atoms with Crippen LogP contribution in [-0.2, 0) is 4.74 Å². The van der Waals surface area contributed by atoms with Crippen molar-refractivity contribution in [2.24, 2.45) is 0 Å². The van der Waals surface area contributed by atoms with Gasteiger partial charge in [-0.2, -0.15) is 0 Å². The molecule has 1 aromatic heterocycles. The van der Waals surface area contributed by atoms with E-state index < -0.39 is 5.97 Å². The second kappa shape index (κ2) is 4.49. The highest BCUT2D eigenvalue weighted by atomic mass is 16.5. The van der Waals surface area contributed by atoms with Crippen LogP contribution in [0, 0.1) is 0 Å². The van der Waals surface area contributed by atoms with E-state index >= 15 is 0 Å². The molecule has 16 heavy (non-hydrogen) atoms. The Labute approximate surface area is 93.0 Å². The van der Waals surface area contributed by atoms with Gasteiger partial charge in [0.25, 0.3) is 0 Å². The molecule has 0 spiro atoms. The van der Waals surface area contributed by atoms with Crippen molar-refractivity contribution in [1.82, 2.24) is 4.98 Å². The molecule has 0 amide bonds. The molecule has 3 nitrogen and oxygen atoms in total. The first-order valence-corrected chi connectivity index (χ1v) is 4.87. The SMILES string of the molecule is C=CC=COC(=O)c1cc2ccccc2[nH]1. The minimum Gasteiger partial charge on any atom is -0.430 e. The normalized spacial score (nSPS) is 10.8. The van der Waals surface area contributed by atoms with Gasteiger partial charge in [0, 0.05) is 10.9 Å². The molecule has 0 bridgehead atoms. The largest absolute Gasteiger partial charge is 0.430 e. The number of fused-ring (bicyclic) bond motifs is 1. The van der Waals surface area contributed by atoms with Gasteiger partial charge in [-0.15, -0.1) is 0 Å². The van der Waals surface area contributed by atoms with Gasteiger partial charge in [-0.05, 0) is 18.2 Å². The summed E-state index contributed by atoms with van der Waals surface area (Å²) in [5, 5.41) is 0.988. The number of esters is 1. The molecule has 0 atom stereocenters. The minimum absolute atomic E-state index is 0.408. The maximum Gasteiger partial charge on any atom is 0.359 e. The monoisotopic (exact) mass is 213 g/mol. The van der Waals surface area contributed by atoms with Gasteiger partial charge in [0.05, 0.1) is 6.26 Å². The van der Waals surface area contributed by atoms with Crippen molar-refractivity contribution in [1.29, 1.82) is 0 Å². The molecule has 0 unspecified atom stereocenters. The molecule has 1 N–H and O–H groups in total. The fourth-order valence-electron chi connectivity index (χ4n) is 1.40. The lowest BCUT2D eigenvalue weighted by Crippen LogP contribution is -2.00. The number of hydrogen-bond donors (Lipinski definition) is 1. The lowest BCUT2D eigenvalue weighted by Gasteiger charge is -1.93. The van der Waals surface area contributed by atoms with Gasteiger partial charge in [-0.25, -0.2) is 4.79 Å². The van der Waals surface area contributed by atoms with Crippen molar-refractivity contribution in [2.75, 3.05) is 0 Å². The molecular weight excluding hydrogens is 202 g/mol. The number of rotatable bonds is 3. The number of carbonyl (C=O) groups is 1.